The number of nitrogens with one attached hydrogen (secondary N) is 1. The van der Waals surface area contributed by atoms with Crippen LogP contribution in [0.4, 0.5) is 0 Å². The lowest BCUT2D eigenvalue weighted by Crippen LogP contribution is -2.41. The fourth-order valence-corrected chi connectivity index (χ4v) is 2.07. The van der Waals surface area contributed by atoms with Crippen LogP contribution in [0.3, 0.4) is 0 Å². The van der Waals surface area contributed by atoms with Crippen molar-refractivity contribution < 1.29 is 9.59 Å². The molecule has 1 heterocycles. The molecule has 0 aromatic rings. The van der Waals surface area contributed by atoms with E-state index >= 15 is 0 Å². The third kappa shape index (κ3) is 3.44. The van der Waals surface area contributed by atoms with E-state index in [0.29, 0.717) is 13.0 Å². The van der Waals surface area contributed by atoms with Gasteiger partial charge in [0.25, 0.3) is 0 Å². The Labute approximate surface area is 100 Å². The van der Waals surface area contributed by atoms with Gasteiger partial charge >= 0.3 is 0 Å². The molecule has 0 spiro atoms. The third-order valence-electron chi connectivity index (χ3n) is 2.60. The van der Waals surface area contributed by atoms with Crippen molar-refractivity contribution in [3.8, 4) is 0 Å². The highest BCUT2D eigenvalue weighted by atomic mass is 32.1. The second kappa shape index (κ2) is 5.79. The van der Waals surface area contributed by atoms with Crippen LogP contribution in [0.1, 0.15) is 32.6 Å². The number of hydrogen-bond donors (Lipinski definition) is 2. The number of nitrogens with zero attached hydrogens (tertiary/aromatic N) is 1. The zero-order valence-electron chi connectivity index (χ0n) is 9.36. The van der Waals surface area contributed by atoms with E-state index in [1.807, 2.05) is 6.92 Å². The Morgan fingerprint density at radius 2 is 2.38 bits per heavy atom. The summed E-state index contributed by atoms with van der Waals surface area (Å²) in [4.78, 5) is 24.7. The number of carbonyl (C=O) groups excluding carboxylic acids is 2. The molecule has 1 unspecified atom stereocenters. The van der Waals surface area contributed by atoms with E-state index in [0.717, 1.165) is 12.8 Å². The van der Waals surface area contributed by atoms with Gasteiger partial charge in [0.2, 0.25) is 11.8 Å². The standard InChI is InChI=1S/C10H17N3O2S/c1-2-5-13-7(3-4-9(13)15)6-8(14)12-10(11)16/h7H,2-6H2,1H3,(H3,11,12,14,16). The highest BCUT2D eigenvalue weighted by Gasteiger charge is 2.31. The second-order valence-electron chi connectivity index (χ2n) is 3.90. The van der Waals surface area contributed by atoms with Crippen LogP contribution < -0.4 is 11.1 Å². The Morgan fingerprint density at radius 3 is 2.94 bits per heavy atom. The molecule has 0 bridgehead atoms. The van der Waals surface area contributed by atoms with Crippen molar-refractivity contribution in [1.82, 2.24) is 10.2 Å². The van der Waals surface area contributed by atoms with Gasteiger partial charge in [0, 0.05) is 25.4 Å². The van der Waals surface area contributed by atoms with Crippen molar-refractivity contribution >= 4 is 29.1 Å². The highest BCUT2D eigenvalue weighted by molar-refractivity contribution is 7.80. The summed E-state index contributed by atoms with van der Waals surface area (Å²) >= 11 is 4.58. The number of carbonyl (C=O) groups is 2. The molecule has 2 amide bonds. The van der Waals surface area contributed by atoms with Crippen molar-refractivity contribution in [1.29, 1.82) is 0 Å². The van der Waals surface area contributed by atoms with Crippen molar-refractivity contribution in [3.05, 3.63) is 0 Å². The van der Waals surface area contributed by atoms with Gasteiger partial charge in [-0.2, -0.15) is 0 Å². The largest absolute Gasteiger partial charge is 0.376 e. The Kier molecular flexibility index (Phi) is 4.67. The van der Waals surface area contributed by atoms with Crippen LogP contribution in [0.5, 0.6) is 0 Å². The smallest absolute Gasteiger partial charge is 0.228 e. The molecule has 16 heavy (non-hydrogen) atoms. The molecule has 0 aromatic heterocycles. The van der Waals surface area contributed by atoms with Crippen molar-refractivity contribution in [2.75, 3.05) is 6.54 Å². The summed E-state index contributed by atoms with van der Waals surface area (Å²) in [5, 5.41) is 2.36. The van der Waals surface area contributed by atoms with Gasteiger partial charge in [-0.3, -0.25) is 9.59 Å². The normalized spacial score (nSPS) is 19.9. The Hall–Kier alpha value is -1.17. The molecule has 90 valence electrons. The summed E-state index contributed by atoms with van der Waals surface area (Å²) in [6.07, 6.45) is 2.46. The third-order valence-corrected chi connectivity index (χ3v) is 2.70. The van der Waals surface area contributed by atoms with Gasteiger partial charge in [-0.1, -0.05) is 6.92 Å². The fraction of sp³-hybridized carbons (Fsp3) is 0.700. The van der Waals surface area contributed by atoms with Crippen LogP contribution >= 0.6 is 12.2 Å². The molecule has 1 atom stereocenters. The van der Waals surface area contributed by atoms with Gasteiger partial charge in [-0.25, -0.2) is 0 Å². The van der Waals surface area contributed by atoms with Gasteiger partial charge in [0.1, 0.15) is 0 Å². The summed E-state index contributed by atoms with van der Waals surface area (Å²) < 4.78 is 0. The molecule has 0 radical (unpaired) electrons. The Balaban J connectivity index is 2.49. The lowest BCUT2D eigenvalue weighted by molar-refractivity contribution is -0.129. The highest BCUT2D eigenvalue weighted by Crippen LogP contribution is 2.21. The van der Waals surface area contributed by atoms with Gasteiger partial charge in [0.15, 0.2) is 5.11 Å². The topological polar surface area (TPSA) is 75.4 Å². The first kappa shape index (κ1) is 12.9. The van der Waals surface area contributed by atoms with E-state index < -0.39 is 0 Å². The van der Waals surface area contributed by atoms with Crippen LogP contribution in [0.25, 0.3) is 0 Å². The van der Waals surface area contributed by atoms with E-state index in [1.54, 1.807) is 4.90 Å². The minimum atomic E-state index is -0.215. The molecule has 0 saturated carbocycles. The average Bonchev–Trinajstić information content (AvgIpc) is 2.49. The first-order valence-electron chi connectivity index (χ1n) is 5.43. The Bertz CT molecular complexity index is 306. The minimum absolute atomic E-state index is 0.00167. The quantitative estimate of drug-likeness (QED) is 0.689. The molecule has 5 nitrogen and oxygen atoms in total. The van der Waals surface area contributed by atoms with Crippen LogP contribution in [0.2, 0.25) is 0 Å². The lowest BCUT2D eigenvalue weighted by atomic mass is 10.1. The van der Waals surface area contributed by atoms with Gasteiger partial charge in [0.05, 0.1) is 0 Å². The summed E-state index contributed by atoms with van der Waals surface area (Å²) in [5.41, 5.74) is 5.21. The summed E-state index contributed by atoms with van der Waals surface area (Å²) in [5.74, 6) is -0.0803. The number of rotatable bonds is 4. The van der Waals surface area contributed by atoms with Crippen LogP contribution in [-0.4, -0.2) is 34.4 Å². The Morgan fingerprint density at radius 1 is 1.69 bits per heavy atom. The zero-order valence-corrected chi connectivity index (χ0v) is 10.2. The van der Waals surface area contributed by atoms with E-state index in [1.165, 1.54) is 0 Å². The molecule has 0 aromatic carbocycles. The maximum absolute atomic E-state index is 11.5. The molecule has 1 aliphatic rings. The first-order valence-corrected chi connectivity index (χ1v) is 5.84. The average molecular weight is 243 g/mol. The molecular formula is C10H17N3O2S. The molecule has 0 aliphatic carbocycles. The first-order chi connectivity index (χ1) is 7.54. The zero-order chi connectivity index (χ0) is 12.1. The number of thiocarbonyl (C=S) groups is 1. The number of hydrogen-bond acceptors (Lipinski definition) is 3. The monoisotopic (exact) mass is 243 g/mol. The molecule has 3 N–H and O–H groups in total. The predicted octanol–water partition coefficient (Wildman–Crippen LogP) is 0.137. The van der Waals surface area contributed by atoms with Crippen molar-refractivity contribution in [3.63, 3.8) is 0 Å². The number of amides is 2. The van der Waals surface area contributed by atoms with E-state index in [9.17, 15) is 9.59 Å². The van der Waals surface area contributed by atoms with Crippen molar-refractivity contribution in [2.24, 2.45) is 5.73 Å². The van der Waals surface area contributed by atoms with Crippen molar-refractivity contribution in [2.45, 2.75) is 38.6 Å². The molecular weight excluding hydrogens is 226 g/mol. The number of likely N-dealkylation sites (tertiary alicyclic amines) is 1. The minimum Gasteiger partial charge on any atom is -0.376 e. The molecule has 6 heteroatoms. The van der Waals surface area contributed by atoms with E-state index in [4.69, 9.17) is 5.73 Å². The predicted molar refractivity (Wildman–Crippen MR) is 64.6 cm³/mol. The van der Waals surface area contributed by atoms with Gasteiger partial charge in [-0.05, 0) is 25.1 Å². The van der Waals surface area contributed by atoms with E-state index in [-0.39, 0.29) is 29.4 Å². The van der Waals surface area contributed by atoms with Crippen LogP contribution in [0, 0.1) is 0 Å². The molecule has 1 saturated heterocycles. The fourth-order valence-electron chi connectivity index (χ4n) is 1.96. The molecule has 1 fully saturated rings. The van der Waals surface area contributed by atoms with Gasteiger partial charge in [-0.15, -0.1) is 0 Å². The molecule has 1 rings (SSSR count). The van der Waals surface area contributed by atoms with Crippen LogP contribution in [0.15, 0.2) is 0 Å². The summed E-state index contributed by atoms with van der Waals surface area (Å²) in [6.45, 7) is 2.72. The SMILES string of the molecule is CCCN1C(=O)CCC1CC(=O)NC(N)=S. The summed E-state index contributed by atoms with van der Waals surface area (Å²) in [7, 11) is 0. The molecule has 1 aliphatic heterocycles. The maximum atomic E-state index is 11.5. The van der Waals surface area contributed by atoms with Crippen LogP contribution in [-0.2, 0) is 9.59 Å². The van der Waals surface area contributed by atoms with E-state index in [2.05, 4.69) is 17.5 Å². The second-order valence-corrected chi connectivity index (χ2v) is 4.34. The summed E-state index contributed by atoms with van der Waals surface area (Å²) in [6, 6.07) is 0.00167. The maximum Gasteiger partial charge on any atom is 0.228 e. The van der Waals surface area contributed by atoms with Gasteiger partial charge < -0.3 is 16.0 Å². The number of nitrogens with two attached hydrogens (primary N) is 1. The lowest BCUT2D eigenvalue weighted by Gasteiger charge is -2.23.